The molecule has 1 aromatic carbocycles. The highest BCUT2D eigenvalue weighted by molar-refractivity contribution is 8.00. The molecule has 5 heteroatoms. The number of hydrogen-bond donors (Lipinski definition) is 1. The molecule has 0 unspecified atom stereocenters. The molecule has 1 heterocycles. The van der Waals surface area contributed by atoms with Crippen molar-refractivity contribution in [3.63, 3.8) is 0 Å². The van der Waals surface area contributed by atoms with Gasteiger partial charge >= 0.3 is 0 Å². The van der Waals surface area contributed by atoms with Crippen LogP contribution in [0.4, 0.5) is 0 Å². The van der Waals surface area contributed by atoms with Crippen molar-refractivity contribution in [2.45, 2.75) is 23.5 Å². The molecule has 2 aromatic rings. The van der Waals surface area contributed by atoms with Crippen LogP contribution in [0, 0.1) is 0 Å². The van der Waals surface area contributed by atoms with Gasteiger partial charge in [-0.05, 0) is 49.1 Å². The normalized spacial score (nSPS) is 12.1. The van der Waals surface area contributed by atoms with E-state index < -0.39 is 0 Å². The van der Waals surface area contributed by atoms with Crippen molar-refractivity contribution in [3.8, 4) is 0 Å². The largest absolute Gasteiger partial charge is 0.355 e. The van der Waals surface area contributed by atoms with Crippen LogP contribution in [0.1, 0.15) is 11.8 Å². The number of thiophene rings is 1. The van der Waals surface area contributed by atoms with Gasteiger partial charge in [0.05, 0.1) is 5.25 Å². The summed E-state index contributed by atoms with van der Waals surface area (Å²) in [4.78, 5) is 14.3. The van der Waals surface area contributed by atoms with Crippen LogP contribution in [0.3, 0.4) is 0 Å². The Balaban J connectivity index is 1.75. The van der Waals surface area contributed by atoms with Crippen molar-refractivity contribution in [2.75, 3.05) is 6.54 Å². The van der Waals surface area contributed by atoms with E-state index in [-0.39, 0.29) is 11.2 Å². The Morgan fingerprint density at radius 1 is 1.35 bits per heavy atom. The first kappa shape index (κ1) is 15.4. The van der Waals surface area contributed by atoms with E-state index in [9.17, 15) is 4.79 Å². The first-order chi connectivity index (χ1) is 9.65. The van der Waals surface area contributed by atoms with Gasteiger partial charge in [0.15, 0.2) is 0 Å². The summed E-state index contributed by atoms with van der Waals surface area (Å²) in [5, 5.41) is 5.62. The highest BCUT2D eigenvalue weighted by Crippen LogP contribution is 2.24. The third kappa shape index (κ3) is 4.85. The Morgan fingerprint density at radius 2 is 2.10 bits per heavy atom. The van der Waals surface area contributed by atoms with E-state index >= 15 is 0 Å². The molecule has 0 radical (unpaired) electrons. The number of carbonyl (C=O) groups is 1. The molecule has 2 rings (SSSR count). The number of thioether (sulfide) groups is 1. The van der Waals surface area contributed by atoms with Gasteiger partial charge in [-0.25, -0.2) is 0 Å². The third-order valence-electron chi connectivity index (χ3n) is 2.75. The highest BCUT2D eigenvalue weighted by Gasteiger charge is 2.13. The van der Waals surface area contributed by atoms with Crippen molar-refractivity contribution in [2.24, 2.45) is 0 Å². The van der Waals surface area contributed by atoms with Gasteiger partial charge < -0.3 is 5.32 Å². The van der Waals surface area contributed by atoms with Crippen LogP contribution < -0.4 is 5.32 Å². The smallest absolute Gasteiger partial charge is 0.233 e. The predicted molar refractivity (Wildman–Crippen MR) is 87.8 cm³/mol. The van der Waals surface area contributed by atoms with Crippen molar-refractivity contribution >= 4 is 40.6 Å². The van der Waals surface area contributed by atoms with Gasteiger partial charge in [-0.2, -0.15) is 0 Å². The van der Waals surface area contributed by atoms with E-state index in [1.54, 1.807) is 23.1 Å². The molecule has 0 saturated carbocycles. The molecular formula is C15H16ClNOS2. The quantitative estimate of drug-likeness (QED) is 0.805. The Bertz CT molecular complexity index is 540. The Labute approximate surface area is 132 Å². The average Bonchev–Trinajstić information content (AvgIpc) is 2.94. The summed E-state index contributed by atoms with van der Waals surface area (Å²) in [6.45, 7) is 2.60. The van der Waals surface area contributed by atoms with Crippen LogP contribution in [0.5, 0.6) is 0 Å². The molecule has 2 nitrogen and oxygen atoms in total. The molecule has 0 fully saturated rings. The van der Waals surface area contributed by atoms with E-state index in [2.05, 4.69) is 16.8 Å². The third-order valence-corrected chi connectivity index (χ3v) is 5.05. The van der Waals surface area contributed by atoms with E-state index in [1.807, 2.05) is 37.3 Å². The van der Waals surface area contributed by atoms with Crippen molar-refractivity contribution in [3.05, 3.63) is 51.7 Å². The fraction of sp³-hybridized carbons (Fsp3) is 0.267. The van der Waals surface area contributed by atoms with Gasteiger partial charge in [-0.3, -0.25) is 4.79 Å². The lowest BCUT2D eigenvalue weighted by molar-refractivity contribution is -0.120. The molecule has 1 atom stereocenters. The van der Waals surface area contributed by atoms with Crippen molar-refractivity contribution in [1.29, 1.82) is 0 Å². The molecule has 0 aliphatic carbocycles. The summed E-state index contributed by atoms with van der Waals surface area (Å²) < 4.78 is 0. The maximum absolute atomic E-state index is 12.0. The second-order valence-electron chi connectivity index (χ2n) is 4.33. The zero-order valence-electron chi connectivity index (χ0n) is 11.1. The Kier molecular flexibility index (Phi) is 5.95. The van der Waals surface area contributed by atoms with Gasteiger partial charge in [0.1, 0.15) is 0 Å². The molecule has 0 spiro atoms. The zero-order valence-corrected chi connectivity index (χ0v) is 13.5. The summed E-state index contributed by atoms with van der Waals surface area (Å²) in [5.74, 6) is 0.0708. The lowest BCUT2D eigenvalue weighted by atomic mass is 10.3. The van der Waals surface area contributed by atoms with Crippen molar-refractivity contribution < 1.29 is 4.79 Å². The van der Waals surface area contributed by atoms with E-state index in [0.717, 1.165) is 11.3 Å². The molecule has 20 heavy (non-hydrogen) atoms. The Morgan fingerprint density at radius 3 is 2.75 bits per heavy atom. The fourth-order valence-electron chi connectivity index (χ4n) is 1.68. The molecule has 1 N–H and O–H groups in total. The van der Waals surface area contributed by atoms with Crippen LogP contribution in [-0.4, -0.2) is 17.7 Å². The predicted octanol–water partition coefficient (Wildman–Crippen LogP) is 4.24. The maximum atomic E-state index is 12.0. The number of amides is 1. The van der Waals surface area contributed by atoms with Gasteiger partial charge in [-0.15, -0.1) is 23.1 Å². The summed E-state index contributed by atoms with van der Waals surface area (Å²) >= 11 is 9.10. The lowest BCUT2D eigenvalue weighted by Gasteiger charge is -2.11. The second-order valence-corrected chi connectivity index (χ2v) is 7.22. The summed E-state index contributed by atoms with van der Waals surface area (Å²) in [5.41, 5.74) is 0. The minimum atomic E-state index is -0.112. The molecule has 0 aliphatic heterocycles. The van der Waals surface area contributed by atoms with Crippen LogP contribution in [-0.2, 0) is 11.2 Å². The number of rotatable bonds is 6. The topological polar surface area (TPSA) is 29.1 Å². The minimum Gasteiger partial charge on any atom is -0.355 e. The van der Waals surface area contributed by atoms with Gasteiger partial charge in [0.25, 0.3) is 0 Å². The van der Waals surface area contributed by atoms with Crippen LogP contribution in [0.25, 0.3) is 0 Å². The molecule has 0 aliphatic rings. The lowest BCUT2D eigenvalue weighted by Crippen LogP contribution is -2.32. The van der Waals surface area contributed by atoms with E-state index in [1.165, 1.54) is 4.88 Å². The minimum absolute atomic E-state index is 0.0708. The number of benzene rings is 1. The second kappa shape index (κ2) is 7.72. The molecular weight excluding hydrogens is 310 g/mol. The van der Waals surface area contributed by atoms with Crippen LogP contribution in [0.15, 0.2) is 46.7 Å². The number of hydrogen-bond acceptors (Lipinski definition) is 3. The maximum Gasteiger partial charge on any atom is 0.233 e. The average molecular weight is 326 g/mol. The summed E-state index contributed by atoms with van der Waals surface area (Å²) in [6, 6.07) is 11.7. The summed E-state index contributed by atoms with van der Waals surface area (Å²) in [6.07, 6.45) is 0.891. The van der Waals surface area contributed by atoms with E-state index in [4.69, 9.17) is 11.6 Å². The highest BCUT2D eigenvalue weighted by atomic mass is 35.5. The SMILES string of the molecule is C[C@H](Sc1ccc(Cl)cc1)C(=O)NCCc1cccs1. The first-order valence-electron chi connectivity index (χ1n) is 6.37. The van der Waals surface area contributed by atoms with Crippen molar-refractivity contribution in [1.82, 2.24) is 5.32 Å². The van der Waals surface area contributed by atoms with Gasteiger partial charge in [0, 0.05) is 21.3 Å². The molecule has 1 aromatic heterocycles. The zero-order chi connectivity index (χ0) is 14.4. The molecule has 0 bridgehead atoms. The standard InChI is InChI=1S/C15H16ClNOS2/c1-11(20-14-6-4-12(16)5-7-14)15(18)17-9-8-13-3-2-10-19-13/h2-7,10-11H,8-9H2,1H3,(H,17,18)/t11-/m0/s1. The fourth-order valence-corrected chi connectivity index (χ4v) is 3.41. The Hall–Kier alpha value is -0.970. The monoisotopic (exact) mass is 325 g/mol. The number of nitrogens with one attached hydrogen (secondary N) is 1. The molecule has 1 amide bonds. The number of carbonyl (C=O) groups excluding carboxylic acids is 1. The number of halogens is 1. The molecule has 106 valence electrons. The van der Waals surface area contributed by atoms with Crippen LogP contribution in [0.2, 0.25) is 5.02 Å². The van der Waals surface area contributed by atoms with Gasteiger partial charge in [-0.1, -0.05) is 17.7 Å². The molecule has 0 saturated heterocycles. The first-order valence-corrected chi connectivity index (χ1v) is 8.51. The van der Waals surface area contributed by atoms with E-state index in [0.29, 0.717) is 11.6 Å². The van der Waals surface area contributed by atoms with Crippen LogP contribution >= 0.6 is 34.7 Å². The van der Waals surface area contributed by atoms with Gasteiger partial charge in [0.2, 0.25) is 5.91 Å². The summed E-state index contributed by atoms with van der Waals surface area (Å²) in [7, 11) is 0.